The highest BCUT2D eigenvalue weighted by Crippen LogP contribution is 2.46. The highest BCUT2D eigenvalue weighted by molar-refractivity contribution is 8.05. The number of thiazole rings is 1. The number of nitrogens with zero attached hydrogens (tertiary/aromatic N) is 5. The number of amides is 2. The molecule has 3 aliphatic rings. The molecule has 0 radical (unpaired) electrons. The molecule has 2 amide bonds. The number of carbonyl (C=O) groups excluding carboxylic acids is 2. The Kier molecular flexibility index (Phi) is 7.18. The molecule has 40 heavy (non-hydrogen) atoms. The number of benzene rings is 1. The molecule has 3 aromatic rings. The third-order valence-electron chi connectivity index (χ3n) is 6.78. The van der Waals surface area contributed by atoms with Crippen molar-refractivity contribution in [2.24, 2.45) is 11.1 Å². The van der Waals surface area contributed by atoms with Gasteiger partial charge in [0, 0.05) is 17.7 Å². The molecule has 2 aliphatic heterocycles. The number of aromatic nitrogens is 3. The molecule has 1 aromatic carbocycles. The van der Waals surface area contributed by atoms with E-state index in [0.717, 1.165) is 18.5 Å². The zero-order chi connectivity index (χ0) is 27.9. The summed E-state index contributed by atoms with van der Waals surface area (Å²) in [4.78, 5) is 50.0. The SMILES string of the molecule is Nc1nc(C(=NOCC2CC2)C(=O)N[C@@H]2C(=O)N3CC(Sc4ccnn4-c4ccccc4)(C(=O)O)CS[C@H]23)cs1. The number of oxime groups is 1. The fourth-order valence-corrected chi connectivity index (χ4v) is 7.86. The Morgan fingerprint density at radius 1 is 1.27 bits per heavy atom. The normalized spacial score (nSPS) is 24.2. The molecule has 1 aliphatic carbocycles. The number of nitrogen functional groups attached to an aromatic ring is 1. The van der Waals surface area contributed by atoms with E-state index in [4.69, 9.17) is 10.6 Å². The highest BCUT2D eigenvalue weighted by atomic mass is 32.2. The molecule has 12 nitrogen and oxygen atoms in total. The van der Waals surface area contributed by atoms with Crippen LogP contribution in [0.25, 0.3) is 5.69 Å². The largest absolute Gasteiger partial charge is 0.480 e. The number of carboxylic acid groups (broad SMARTS) is 1. The lowest BCUT2D eigenvalue weighted by Crippen LogP contribution is -2.74. The fraction of sp³-hybridized carbons (Fsp3) is 0.360. The van der Waals surface area contributed by atoms with Crippen molar-refractivity contribution in [1.82, 2.24) is 25.0 Å². The van der Waals surface area contributed by atoms with Crippen LogP contribution >= 0.6 is 34.9 Å². The van der Waals surface area contributed by atoms with Gasteiger partial charge in [0.15, 0.2) is 10.8 Å². The molecule has 4 heterocycles. The molecule has 208 valence electrons. The lowest BCUT2D eigenvalue weighted by Gasteiger charge is -2.53. The van der Waals surface area contributed by atoms with Crippen LogP contribution in [0, 0.1) is 5.92 Å². The quantitative estimate of drug-likeness (QED) is 0.178. The summed E-state index contributed by atoms with van der Waals surface area (Å²) in [5, 5.41) is 23.6. The highest BCUT2D eigenvalue weighted by Gasteiger charge is 2.58. The van der Waals surface area contributed by atoms with E-state index < -0.39 is 28.0 Å². The van der Waals surface area contributed by atoms with Gasteiger partial charge in [-0.2, -0.15) is 5.10 Å². The van der Waals surface area contributed by atoms with Crippen LogP contribution in [0.1, 0.15) is 18.5 Å². The van der Waals surface area contributed by atoms with Crippen molar-refractivity contribution in [2.75, 3.05) is 24.6 Å². The molecule has 3 atom stereocenters. The third kappa shape index (κ3) is 5.15. The Balaban J connectivity index is 1.15. The number of carbonyl (C=O) groups is 3. The van der Waals surface area contributed by atoms with Crippen LogP contribution in [0.3, 0.4) is 0 Å². The summed E-state index contributed by atoms with van der Waals surface area (Å²) >= 11 is 3.66. The summed E-state index contributed by atoms with van der Waals surface area (Å²) in [7, 11) is 0. The zero-order valence-electron chi connectivity index (χ0n) is 21.0. The van der Waals surface area contributed by atoms with Crippen LogP contribution in [0.5, 0.6) is 0 Å². The van der Waals surface area contributed by atoms with Crippen molar-refractivity contribution in [3.63, 3.8) is 0 Å². The summed E-state index contributed by atoms with van der Waals surface area (Å²) in [5.74, 6) is -1.32. The Bertz CT molecular complexity index is 1470. The first-order valence-electron chi connectivity index (χ1n) is 12.5. The molecule has 3 fully saturated rings. The number of nitrogens with one attached hydrogen (secondary N) is 1. The van der Waals surface area contributed by atoms with E-state index >= 15 is 0 Å². The van der Waals surface area contributed by atoms with Gasteiger partial charge < -0.3 is 25.9 Å². The molecular weight excluding hydrogens is 575 g/mol. The number of hydrogen-bond donors (Lipinski definition) is 3. The summed E-state index contributed by atoms with van der Waals surface area (Å²) in [6.45, 7) is 0.396. The maximum atomic E-state index is 13.2. The third-order valence-corrected chi connectivity index (χ3v) is 10.5. The van der Waals surface area contributed by atoms with Crippen LogP contribution < -0.4 is 11.1 Å². The first kappa shape index (κ1) is 26.7. The van der Waals surface area contributed by atoms with Crippen LogP contribution in [0.15, 0.2) is 58.2 Å². The second kappa shape index (κ2) is 10.8. The van der Waals surface area contributed by atoms with Gasteiger partial charge in [-0.25, -0.2) is 9.67 Å². The number of anilines is 1. The lowest BCUT2D eigenvalue weighted by atomic mass is 10.0. The average molecular weight is 600 g/mol. The summed E-state index contributed by atoms with van der Waals surface area (Å²) in [5.41, 5.74) is 6.78. The standard InChI is InChI=1S/C25H25N7O5S3/c26-24-28-16(11-38-24)18(30-37-10-14-6-7-14)20(33)29-19-21(34)31-12-25(23(35)36,13-39-22(19)31)40-17-8-9-27-32(17)15-4-2-1-3-5-15/h1-5,8-9,11,14,19,22H,6-7,10,12-13H2,(H2,26,28)(H,29,33)(H,35,36)/t19-,22-,25?/m1/s1. The predicted molar refractivity (Wildman–Crippen MR) is 151 cm³/mol. The van der Waals surface area contributed by atoms with E-state index in [1.54, 1.807) is 22.3 Å². The Morgan fingerprint density at radius 2 is 2.08 bits per heavy atom. The van der Waals surface area contributed by atoms with Crippen LogP contribution in [0.4, 0.5) is 5.13 Å². The number of para-hydroxylation sites is 1. The average Bonchev–Trinajstić information content (AvgIpc) is 3.50. The van der Waals surface area contributed by atoms with Gasteiger partial charge in [-0.3, -0.25) is 14.4 Å². The number of nitrogens with two attached hydrogens (primary N) is 1. The number of aliphatic carboxylic acids is 1. The second-order valence-corrected chi connectivity index (χ2v) is 13.1. The maximum Gasteiger partial charge on any atom is 0.322 e. The minimum absolute atomic E-state index is 0.0100. The Hall–Kier alpha value is -3.56. The first-order chi connectivity index (χ1) is 19.3. The van der Waals surface area contributed by atoms with Crippen molar-refractivity contribution < 1.29 is 24.3 Å². The van der Waals surface area contributed by atoms with E-state index in [1.807, 2.05) is 30.3 Å². The van der Waals surface area contributed by atoms with Gasteiger partial charge in [0.2, 0.25) is 5.91 Å². The van der Waals surface area contributed by atoms with Crippen molar-refractivity contribution >= 4 is 63.5 Å². The topological polar surface area (TPSA) is 165 Å². The van der Waals surface area contributed by atoms with Gasteiger partial charge in [0.05, 0.1) is 11.9 Å². The molecule has 4 N–H and O–H groups in total. The summed E-state index contributed by atoms with van der Waals surface area (Å²) in [6, 6.07) is 10.4. The van der Waals surface area contributed by atoms with Gasteiger partial charge in [0.1, 0.15) is 33.5 Å². The van der Waals surface area contributed by atoms with Crippen molar-refractivity contribution in [3.05, 3.63) is 53.7 Å². The zero-order valence-corrected chi connectivity index (χ0v) is 23.5. The predicted octanol–water partition coefficient (Wildman–Crippen LogP) is 2.06. The number of β-lactam (4-membered cyclic amide) rings is 1. The number of hydrogen-bond acceptors (Lipinski definition) is 11. The van der Waals surface area contributed by atoms with Gasteiger partial charge in [-0.05, 0) is 37.0 Å². The monoisotopic (exact) mass is 599 g/mol. The molecule has 1 unspecified atom stereocenters. The fourth-order valence-electron chi connectivity index (χ4n) is 4.42. The molecule has 0 bridgehead atoms. The number of thioether (sulfide) groups is 2. The first-order valence-corrected chi connectivity index (χ1v) is 15.3. The van der Waals surface area contributed by atoms with E-state index in [1.165, 1.54) is 39.8 Å². The molecule has 1 saturated carbocycles. The molecule has 15 heteroatoms. The minimum Gasteiger partial charge on any atom is -0.480 e. The van der Waals surface area contributed by atoms with Crippen LogP contribution in [-0.2, 0) is 19.2 Å². The number of carboxylic acids is 1. The van der Waals surface area contributed by atoms with Crippen molar-refractivity contribution in [3.8, 4) is 5.69 Å². The van der Waals surface area contributed by atoms with Crippen molar-refractivity contribution in [1.29, 1.82) is 0 Å². The second-order valence-electron chi connectivity index (χ2n) is 9.69. The van der Waals surface area contributed by atoms with Gasteiger partial charge in [0.25, 0.3) is 5.91 Å². The number of fused-ring (bicyclic) bond motifs is 1. The lowest BCUT2D eigenvalue weighted by molar-refractivity contribution is -0.151. The van der Waals surface area contributed by atoms with Gasteiger partial charge in [-0.15, -0.1) is 23.1 Å². The van der Waals surface area contributed by atoms with E-state index in [-0.39, 0.29) is 34.7 Å². The van der Waals surface area contributed by atoms with E-state index in [9.17, 15) is 19.5 Å². The molecule has 6 rings (SSSR count). The van der Waals surface area contributed by atoms with Gasteiger partial charge >= 0.3 is 5.97 Å². The van der Waals surface area contributed by atoms with E-state index in [0.29, 0.717) is 17.6 Å². The Morgan fingerprint density at radius 3 is 2.77 bits per heavy atom. The summed E-state index contributed by atoms with van der Waals surface area (Å²) < 4.78 is 0.393. The van der Waals surface area contributed by atoms with Crippen LogP contribution in [-0.4, -0.2) is 83.3 Å². The molecule has 2 saturated heterocycles. The van der Waals surface area contributed by atoms with Gasteiger partial charge in [-0.1, -0.05) is 35.1 Å². The minimum atomic E-state index is -1.29. The molecule has 2 aromatic heterocycles. The van der Waals surface area contributed by atoms with Crippen LogP contribution in [0.2, 0.25) is 0 Å². The van der Waals surface area contributed by atoms with E-state index in [2.05, 4.69) is 20.6 Å². The molecule has 0 spiro atoms. The smallest absolute Gasteiger partial charge is 0.322 e. The maximum absolute atomic E-state index is 13.2. The molecular formula is C25H25N7O5S3. The number of rotatable bonds is 10. The van der Waals surface area contributed by atoms with Crippen molar-refractivity contribution in [2.45, 2.75) is 34.0 Å². The Labute approximate surface area is 241 Å². The summed E-state index contributed by atoms with van der Waals surface area (Å²) in [6.07, 6.45) is 3.75.